The maximum Gasteiger partial charge on any atom is 0.341 e. The van der Waals surface area contributed by atoms with Crippen molar-refractivity contribution in [1.82, 2.24) is 15.1 Å². The molecular weight excluding hydrogens is 369 g/mol. The molecule has 5 nitrogen and oxygen atoms in total. The minimum Gasteiger partial charge on any atom is -0.456 e. The summed E-state index contributed by atoms with van der Waals surface area (Å²) in [6, 6.07) is 3.17. The van der Waals surface area contributed by atoms with Gasteiger partial charge in [0.05, 0.1) is 17.4 Å². The van der Waals surface area contributed by atoms with E-state index in [9.17, 15) is 9.18 Å². The number of hydrogen-bond donors (Lipinski definition) is 1. The van der Waals surface area contributed by atoms with Crippen LogP contribution in [0, 0.1) is 18.2 Å². The molecule has 2 aliphatic rings. The van der Waals surface area contributed by atoms with Crippen LogP contribution in [0.3, 0.4) is 0 Å². The molecular formula is C23H30FN3O2. The Hall–Kier alpha value is -2.21. The van der Waals surface area contributed by atoms with Crippen LogP contribution in [0.2, 0.25) is 0 Å². The summed E-state index contributed by atoms with van der Waals surface area (Å²) < 4.78 is 21.5. The Morgan fingerprint density at radius 2 is 1.97 bits per heavy atom. The quantitative estimate of drug-likeness (QED) is 0.771. The number of nitrogens with one attached hydrogen (secondary N) is 1. The second kappa shape index (κ2) is 7.24. The van der Waals surface area contributed by atoms with Crippen LogP contribution < -0.4 is 5.32 Å². The first-order chi connectivity index (χ1) is 13.7. The van der Waals surface area contributed by atoms with Crippen LogP contribution in [0.25, 0.3) is 5.69 Å². The van der Waals surface area contributed by atoms with Crippen LogP contribution in [0.1, 0.15) is 73.9 Å². The fourth-order valence-corrected chi connectivity index (χ4v) is 4.62. The van der Waals surface area contributed by atoms with E-state index in [1.165, 1.54) is 25.1 Å². The molecule has 2 aromatic rings. The van der Waals surface area contributed by atoms with E-state index in [0.29, 0.717) is 22.6 Å². The first-order valence-electron chi connectivity index (χ1n) is 10.4. The summed E-state index contributed by atoms with van der Waals surface area (Å²) in [4.78, 5) is 12.3. The molecule has 1 spiro atoms. The van der Waals surface area contributed by atoms with E-state index in [4.69, 9.17) is 4.74 Å². The van der Waals surface area contributed by atoms with Crippen molar-refractivity contribution in [1.29, 1.82) is 0 Å². The highest BCUT2D eigenvalue weighted by Crippen LogP contribution is 2.46. The molecule has 0 bridgehead atoms. The van der Waals surface area contributed by atoms with E-state index in [0.717, 1.165) is 37.1 Å². The molecule has 0 radical (unpaired) electrons. The SMILES string of the molecule is Cc1c(C2CCC3(CC2)CNC3)cc(F)cc1-n1cc(C(=O)OC(C)(C)C)cn1. The van der Waals surface area contributed by atoms with Gasteiger partial charge in [0, 0.05) is 19.3 Å². The summed E-state index contributed by atoms with van der Waals surface area (Å²) in [5.74, 6) is -0.318. The molecule has 2 fully saturated rings. The predicted octanol–water partition coefficient (Wildman–Crippen LogP) is 4.52. The van der Waals surface area contributed by atoms with Crippen LogP contribution in [-0.2, 0) is 4.74 Å². The predicted molar refractivity (Wildman–Crippen MR) is 110 cm³/mol. The van der Waals surface area contributed by atoms with Crippen molar-refractivity contribution in [2.45, 2.75) is 64.9 Å². The Morgan fingerprint density at radius 1 is 1.28 bits per heavy atom. The minimum absolute atomic E-state index is 0.263. The zero-order chi connectivity index (χ0) is 20.8. The van der Waals surface area contributed by atoms with Crippen molar-refractivity contribution in [3.63, 3.8) is 0 Å². The third-order valence-electron chi connectivity index (χ3n) is 6.34. The van der Waals surface area contributed by atoms with Crippen molar-refractivity contribution in [3.8, 4) is 5.69 Å². The molecule has 4 rings (SSSR count). The maximum atomic E-state index is 14.5. The molecule has 1 aliphatic heterocycles. The van der Waals surface area contributed by atoms with E-state index < -0.39 is 11.6 Å². The standard InChI is InChI=1S/C23H30FN3O2/c1-15-19(16-5-7-23(8-6-16)13-25-14-23)9-18(24)10-20(15)27-12-17(11-26-27)21(28)29-22(2,3)4/h9-12,16,25H,5-8,13-14H2,1-4H3. The lowest BCUT2D eigenvalue weighted by Crippen LogP contribution is -2.54. The fourth-order valence-electron chi connectivity index (χ4n) is 4.62. The van der Waals surface area contributed by atoms with Crippen molar-refractivity contribution < 1.29 is 13.9 Å². The van der Waals surface area contributed by atoms with Gasteiger partial charge in [-0.25, -0.2) is 13.9 Å². The number of carbonyl (C=O) groups is 1. The number of nitrogens with zero attached hydrogens (tertiary/aromatic N) is 2. The highest BCUT2D eigenvalue weighted by Gasteiger charge is 2.40. The molecule has 29 heavy (non-hydrogen) atoms. The Morgan fingerprint density at radius 3 is 2.55 bits per heavy atom. The van der Waals surface area contributed by atoms with Crippen LogP contribution in [0.15, 0.2) is 24.5 Å². The van der Waals surface area contributed by atoms with Crippen LogP contribution in [-0.4, -0.2) is 34.4 Å². The molecule has 156 valence electrons. The summed E-state index contributed by atoms with van der Waals surface area (Å²) in [5, 5.41) is 7.71. The number of rotatable bonds is 3. The minimum atomic E-state index is -0.574. The molecule has 1 aromatic carbocycles. The maximum absolute atomic E-state index is 14.5. The number of benzene rings is 1. The van der Waals surface area contributed by atoms with Gasteiger partial charge in [0.1, 0.15) is 11.4 Å². The van der Waals surface area contributed by atoms with Gasteiger partial charge in [0.15, 0.2) is 0 Å². The van der Waals surface area contributed by atoms with Crippen molar-refractivity contribution in [3.05, 3.63) is 47.0 Å². The summed E-state index contributed by atoms with van der Waals surface area (Å²) in [7, 11) is 0. The van der Waals surface area contributed by atoms with Gasteiger partial charge in [0.2, 0.25) is 0 Å². The number of ether oxygens (including phenoxy) is 1. The topological polar surface area (TPSA) is 56.2 Å². The number of halogens is 1. The van der Waals surface area contributed by atoms with Gasteiger partial charge in [-0.1, -0.05) is 0 Å². The Labute approximate surface area is 171 Å². The number of hydrogen-bond acceptors (Lipinski definition) is 4. The van der Waals surface area contributed by atoms with E-state index >= 15 is 0 Å². The average Bonchev–Trinajstić information content (AvgIpc) is 3.11. The fraction of sp³-hybridized carbons (Fsp3) is 0.565. The first-order valence-corrected chi connectivity index (χ1v) is 10.4. The lowest BCUT2D eigenvalue weighted by atomic mass is 9.65. The molecule has 0 amide bonds. The van der Waals surface area contributed by atoms with Gasteiger partial charge in [-0.15, -0.1) is 0 Å². The summed E-state index contributed by atoms with van der Waals surface area (Å²) in [6.45, 7) is 9.74. The zero-order valence-electron chi connectivity index (χ0n) is 17.7. The van der Waals surface area contributed by atoms with Gasteiger partial charge in [-0.05, 0) is 88.0 Å². The summed E-state index contributed by atoms with van der Waals surface area (Å²) in [5.41, 5.74) is 3.04. The van der Waals surface area contributed by atoms with Gasteiger partial charge >= 0.3 is 5.97 Å². The molecule has 1 saturated heterocycles. The molecule has 1 aromatic heterocycles. The zero-order valence-corrected chi connectivity index (χ0v) is 17.7. The van der Waals surface area contributed by atoms with Crippen molar-refractivity contribution in [2.75, 3.05) is 13.1 Å². The van der Waals surface area contributed by atoms with Gasteiger partial charge in [-0.3, -0.25) is 0 Å². The average molecular weight is 400 g/mol. The van der Waals surface area contributed by atoms with Gasteiger partial charge in [0.25, 0.3) is 0 Å². The van der Waals surface area contributed by atoms with Crippen molar-refractivity contribution in [2.24, 2.45) is 5.41 Å². The number of esters is 1. The second-order valence-electron chi connectivity index (χ2n) is 9.69. The Kier molecular flexibility index (Phi) is 5.01. The molecule has 6 heteroatoms. The largest absolute Gasteiger partial charge is 0.456 e. The molecule has 1 aliphatic carbocycles. The van der Waals surface area contributed by atoms with Crippen LogP contribution in [0.4, 0.5) is 4.39 Å². The van der Waals surface area contributed by atoms with E-state index in [1.807, 2.05) is 27.7 Å². The van der Waals surface area contributed by atoms with Gasteiger partial charge < -0.3 is 10.1 Å². The van der Waals surface area contributed by atoms with E-state index in [1.54, 1.807) is 16.9 Å². The lowest BCUT2D eigenvalue weighted by Gasteiger charge is -2.47. The molecule has 0 unspecified atom stereocenters. The molecule has 2 heterocycles. The monoisotopic (exact) mass is 399 g/mol. The normalized spacial score (nSPS) is 19.2. The summed E-state index contributed by atoms with van der Waals surface area (Å²) >= 11 is 0. The molecule has 0 atom stereocenters. The summed E-state index contributed by atoms with van der Waals surface area (Å²) in [6.07, 6.45) is 7.67. The van der Waals surface area contributed by atoms with Crippen LogP contribution in [0.5, 0.6) is 0 Å². The highest BCUT2D eigenvalue weighted by molar-refractivity contribution is 5.89. The molecule has 1 saturated carbocycles. The highest BCUT2D eigenvalue weighted by atomic mass is 19.1. The Bertz CT molecular complexity index is 915. The number of aromatic nitrogens is 2. The molecule has 1 N–H and O–H groups in total. The van der Waals surface area contributed by atoms with Crippen LogP contribution >= 0.6 is 0 Å². The van der Waals surface area contributed by atoms with Crippen molar-refractivity contribution >= 4 is 5.97 Å². The first kappa shape index (κ1) is 20.1. The van der Waals surface area contributed by atoms with E-state index in [-0.39, 0.29) is 5.82 Å². The lowest BCUT2D eigenvalue weighted by molar-refractivity contribution is 0.00695. The number of carbonyl (C=O) groups excluding carboxylic acids is 1. The van der Waals surface area contributed by atoms with E-state index in [2.05, 4.69) is 10.4 Å². The smallest absolute Gasteiger partial charge is 0.341 e. The third kappa shape index (κ3) is 4.08. The van der Waals surface area contributed by atoms with Gasteiger partial charge in [-0.2, -0.15) is 5.10 Å². The third-order valence-corrected chi connectivity index (χ3v) is 6.34. The second-order valence-corrected chi connectivity index (χ2v) is 9.69. The Balaban J connectivity index is 1.58.